The molecule has 2 heterocycles. The summed E-state index contributed by atoms with van der Waals surface area (Å²) in [5.74, 6) is 0. The Bertz CT molecular complexity index is 4140. The largest absolute Gasteiger partial charge is 0.253 e. The minimum atomic E-state index is -0.0234. The Hall–Kier alpha value is -8.20. The van der Waals surface area contributed by atoms with Gasteiger partial charge in [-0.2, -0.15) is 0 Å². The van der Waals surface area contributed by atoms with Crippen molar-refractivity contribution in [2.24, 2.45) is 0 Å². The van der Waals surface area contributed by atoms with Gasteiger partial charge in [-0.15, -0.1) is 0 Å². The second kappa shape index (κ2) is 16.2. The van der Waals surface area contributed by atoms with Crippen LogP contribution in [0.3, 0.4) is 0 Å². The third-order valence-electron chi connectivity index (χ3n) is 15.8. The van der Waals surface area contributed by atoms with Crippen molar-refractivity contribution in [3.63, 3.8) is 0 Å². The van der Waals surface area contributed by atoms with Crippen LogP contribution in [0.4, 0.5) is 0 Å². The van der Waals surface area contributed by atoms with Crippen molar-refractivity contribution in [2.75, 3.05) is 0 Å². The zero-order valence-electron chi connectivity index (χ0n) is 42.4. The number of benzene rings is 11. The second-order valence-corrected chi connectivity index (χ2v) is 22.2. The summed E-state index contributed by atoms with van der Waals surface area (Å²) in [6.07, 6.45) is 4.24. The molecule has 0 saturated carbocycles. The standard InChI is InChI=1S/C70H56N2/c1-41-51-33-34-52-42(2)62(66-56-24-16-14-22-54(56)64(48-28-26-44-18-10-12-20-46(44)36-48)60-38-50(70(6,7)8)30-32-58(60)66)40-72-68(52)67(51)71-39-61(41)65-55-23-15-13-21-53(55)63(47-27-25-43-17-9-11-19-45(43)35-47)59-37-49(69(3,4)5)29-31-57(59)65/h9-40H,1-8H3. The lowest BCUT2D eigenvalue weighted by molar-refractivity contribution is 0.591. The van der Waals surface area contributed by atoms with Gasteiger partial charge in [0.25, 0.3) is 0 Å². The van der Waals surface area contributed by atoms with Gasteiger partial charge in [-0.3, -0.25) is 9.97 Å². The molecule has 0 aliphatic heterocycles. The number of hydrogen-bond acceptors (Lipinski definition) is 2. The summed E-state index contributed by atoms with van der Waals surface area (Å²) in [5, 5.41) is 17.1. The number of aromatic nitrogens is 2. The maximum absolute atomic E-state index is 5.41. The highest BCUT2D eigenvalue weighted by Gasteiger charge is 2.25. The van der Waals surface area contributed by atoms with Crippen molar-refractivity contribution in [3.8, 4) is 44.5 Å². The normalized spacial score (nSPS) is 12.4. The summed E-state index contributed by atoms with van der Waals surface area (Å²) in [6.45, 7) is 18.4. The van der Waals surface area contributed by atoms with Crippen molar-refractivity contribution in [2.45, 2.75) is 66.2 Å². The van der Waals surface area contributed by atoms with Gasteiger partial charge >= 0.3 is 0 Å². The Kier molecular flexibility index (Phi) is 9.83. The summed E-state index contributed by atoms with van der Waals surface area (Å²) in [4.78, 5) is 10.8. The third-order valence-corrected chi connectivity index (χ3v) is 15.8. The zero-order valence-corrected chi connectivity index (χ0v) is 42.4. The van der Waals surface area contributed by atoms with Crippen LogP contribution in [-0.2, 0) is 10.8 Å². The van der Waals surface area contributed by atoms with Crippen LogP contribution in [0.1, 0.15) is 63.8 Å². The average Bonchev–Trinajstić information content (AvgIpc) is 3.39. The van der Waals surface area contributed by atoms with Crippen molar-refractivity contribution >= 4 is 86.4 Å². The maximum atomic E-state index is 5.41. The first-order valence-corrected chi connectivity index (χ1v) is 25.5. The summed E-state index contributed by atoms with van der Waals surface area (Å²) >= 11 is 0. The number of nitrogens with zero attached hydrogens (tertiary/aromatic N) is 2. The van der Waals surface area contributed by atoms with Gasteiger partial charge in [-0.1, -0.05) is 199 Å². The molecule has 2 heteroatoms. The molecule has 0 aliphatic rings. The van der Waals surface area contributed by atoms with Crippen LogP contribution in [0, 0.1) is 13.8 Å². The Balaban J connectivity index is 1.02. The van der Waals surface area contributed by atoms with Gasteiger partial charge in [0.2, 0.25) is 0 Å². The van der Waals surface area contributed by atoms with Crippen LogP contribution in [0.15, 0.2) is 194 Å². The highest BCUT2D eigenvalue weighted by atomic mass is 14.7. The van der Waals surface area contributed by atoms with Crippen molar-refractivity contribution < 1.29 is 0 Å². The predicted molar refractivity (Wildman–Crippen MR) is 311 cm³/mol. The molecule has 0 amide bonds. The summed E-state index contributed by atoms with van der Waals surface area (Å²) in [5.41, 5.74) is 16.6. The smallest absolute Gasteiger partial charge is 0.0967 e. The third kappa shape index (κ3) is 6.84. The van der Waals surface area contributed by atoms with E-state index in [0.717, 1.165) is 32.9 Å². The predicted octanol–water partition coefficient (Wildman–Crippen LogP) is 19.6. The lowest BCUT2D eigenvalue weighted by atomic mass is 9.80. The Labute approximate surface area is 421 Å². The molecule has 346 valence electrons. The molecule has 2 nitrogen and oxygen atoms in total. The molecule has 72 heavy (non-hydrogen) atoms. The second-order valence-electron chi connectivity index (χ2n) is 22.2. The summed E-state index contributed by atoms with van der Waals surface area (Å²) in [7, 11) is 0. The quantitative estimate of drug-likeness (QED) is 0.130. The molecule has 0 atom stereocenters. The molecular formula is C70H56N2. The molecule has 0 spiro atoms. The molecule has 0 aliphatic carbocycles. The van der Waals surface area contributed by atoms with Crippen LogP contribution in [0.2, 0.25) is 0 Å². The van der Waals surface area contributed by atoms with Gasteiger partial charge in [-0.25, -0.2) is 0 Å². The molecular weight excluding hydrogens is 869 g/mol. The highest BCUT2D eigenvalue weighted by molar-refractivity contribution is 6.25. The van der Waals surface area contributed by atoms with E-state index in [-0.39, 0.29) is 10.8 Å². The van der Waals surface area contributed by atoms with Crippen LogP contribution in [0.5, 0.6) is 0 Å². The van der Waals surface area contributed by atoms with Crippen LogP contribution in [0.25, 0.3) is 131 Å². The fraction of sp³-hybridized carbons (Fsp3) is 0.143. The molecule has 0 saturated heterocycles. The van der Waals surface area contributed by atoms with E-state index in [2.05, 4.69) is 250 Å². The molecule has 0 unspecified atom stereocenters. The number of fused-ring (bicyclic) bond motifs is 9. The van der Waals surface area contributed by atoms with E-state index < -0.39 is 0 Å². The topological polar surface area (TPSA) is 25.8 Å². The number of pyridine rings is 2. The lowest BCUT2D eigenvalue weighted by Gasteiger charge is -2.24. The molecule has 0 radical (unpaired) electrons. The fourth-order valence-electron chi connectivity index (χ4n) is 11.9. The first-order valence-electron chi connectivity index (χ1n) is 25.5. The van der Waals surface area contributed by atoms with Gasteiger partial charge in [0, 0.05) is 34.3 Å². The van der Waals surface area contributed by atoms with Crippen molar-refractivity contribution in [1.82, 2.24) is 9.97 Å². The number of aryl methyl sites for hydroxylation is 2. The average molecular weight is 925 g/mol. The van der Waals surface area contributed by atoms with Gasteiger partial charge in [0.1, 0.15) is 0 Å². The highest BCUT2D eigenvalue weighted by Crippen LogP contribution is 2.49. The van der Waals surface area contributed by atoms with E-state index in [9.17, 15) is 0 Å². The first kappa shape index (κ1) is 43.8. The molecule has 0 bridgehead atoms. The summed E-state index contributed by atoms with van der Waals surface area (Å²) < 4.78 is 0. The molecule has 0 N–H and O–H groups in total. The van der Waals surface area contributed by atoms with E-state index in [1.807, 2.05) is 0 Å². The lowest BCUT2D eigenvalue weighted by Crippen LogP contribution is -2.10. The monoisotopic (exact) mass is 924 g/mol. The van der Waals surface area contributed by atoms with Gasteiger partial charge in [0.15, 0.2) is 0 Å². The van der Waals surface area contributed by atoms with Gasteiger partial charge in [-0.05, 0) is 169 Å². The van der Waals surface area contributed by atoms with E-state index in [1.54, 1.807) is 0 Å². The molecule has 11 aromatic carbocycles. The number of rotatable bonds is 4. The van der Waals surface area contributed by atoms with E-state index in [4.69, 9.17) is 9.97 Å². The van der Waals surface area contributed by atoms with Crippen LogP contribution in [-0.4, -0.2) is 9.97 Å². The molecule has 0 fully saturated rings. The Morgan fingerprint density at radius 3 is 1.01 bits per heavy atom. The van der Waals surface area contributed by atoms with Crippen molar-refractivity contribution in [3.05, 3.63) is 217 Å². The van der Waals surface area contributed by atoms with Crippen LogP contribution < -0.4 is 0 Å². The van der Waals surface area contributed by atoms with Crippen LogP contribution >= 0.6 is 0 Å². The zero-order chi connectivity index (χ0) is 49.2. The minimum Gasteiger partial charge on any atom is -0.253 e. The molecule has 13 aromatic rings. The minimum absolute atomic E-state index is 0.0234. The Morgan fingerprint density at radius 1 is 0.292 bits per heavy atom. The maximum Gasteiger partial charge on any atom is 0.0967 e. The van der Waals surface area contributed by atoms with E-state index in [0.29, 0.717) is 0 Å². The van der Waals surface area contributed by atoms with Gasteiger partial charge < -0.3 is 0 Å². The van der Waals surface area contributed by atoms with E-state index >= 15 is 0 Å². The summed E-state index contributed by atoms with van der Waals surface area (Å²) in [6, 6.07) is 68.0. The Morgan fingerprint density at radius 2 is 0.625 bits per heavy atom. The fourth-order valence-corrected chi connectivity index (χ4v) is 11.9. The van der Waals surface area contributed by atoms with E-state index in [1.165, 1.54) is 120 Å². The number of hydrogen-bond donors (Lipinski definition) is 0. The van der Waals surface area contributed by atoms with Crippen molar-refractivity contribution in [1.29, 1.82) is 0 Å². The molecule has 13 rings (SSSR count). The SMILES string of the molecule is Cc1c(-c2c3ccccc3c(-c3ccc4ccccc4c3)c3cc(C(C)(C)C)ccc23)cnc2c1ccc1c(C)c(-c3c4ccccc4c(-c4ccc5ccccc5c4)c4cc(C(C)(C)C)ccc34)cnc12. The first-order chi connectivity index (χ1) is 34.8. The van der Waals surface area contributed by atoms with Gasteiger partial charge in [0.05, 0.1) is 11.0 Å². The molecule has 2 aromatic heterocycles.